The highest BCUT2D eigenvalue weighted by Crippen LogP contribution is 2.35. The number of pyridine rings is 2. The molecule has 5 heteroatoms. The van der Waals surface area contributed by atoms with Crippen LogP contribution in [-0.2, 0) is 0 Å². The van der Waals surface area contributed by atoms with Crippen molar-refractivity contribution in [2.75, 3.05) is 0 Å². The predicted octanol–water partition coefficient (Wildman–Crippen LogP) is 9.38. The van der Waals surface area contributed by atoms with Gasteiger partial charge in [-0.25, -0.2) is 15.0 Å². The molecule has 0 fully saturated rings. The standard InChI is InChI=1S/C39H25N5/c1-2-11-28(12-3-1)39-41-33-17-6-7-18-34(33)44(39)30-14-10-13-29(25-30)26-20-22-27(23-21-26)36-38-37(31-15-4-5-16-32(31)40-36)42-35-19-8-9-24-43(35)38/h1-25H. The Morgan fingerprint density at radius 3 is 2.09 bits per heavy atom. The highest BCUT2D eigenvalue weighted by molar-refractivity contribution is 6.09. The van der Waals surface area contributed by atoms with Crippen LogP contribution in [0.1, 0.15) is 0 Å². The van der Waals surface area contributed by atoms with Crippen molar-refractivity contribution in [2.45, 2.75) is 0 Å². The lowest BCUT2D eigenvalue weighted by molar-refractivity contribution is 1.10. The lowest BCUT2D eigenvalue weighted by Crippen LogP contribution is -1.98. The molecule has 0 amide bonds. The number of para-hydroxylation sites is 3. The van der Waals surface area contributed by atoms with Crippen LogP contribution in [0.4, 0.5) is 0 Å². The molecule has 0 N–H and O–H groups in total. The van der Waals surface area contributed by atoms with Crippen molar-refractivity contribution in [1.82, 2.24) is 23.9 Å². The minimum atomic E-state index is 0.914. The summed E-state index contributed by atoms with van der Waals surface area (Å²) in [4.78, 5) is 15.2. The summed E-state index contributed by atoms with van der Waals surface area (Å²) in [6.45, 7) is 0. The number of hydrogen-bond acceptors (Lipinski definition) is 3. The van der Waals surface area contributed by atoms with Crippen LogP contribution in [0, 0.1) is 0 Å². The zero-order valence-electron chi connectivity index (χ0n) is 23.7. The number of hydrogen-bond donors (Lipinski definition) is 0. The molecule has 0 radical (unpaired) electrons. The monoisotopic (exact) mass is 563 g/mol. The molecule has 0 saturated carbocycles. The molecule has 206 valence electrons. The van der Waals surface area contributed by atoms with Gasteiger partial charge in [-0.1, -0.05) is 103 Å². The number of fused-ring (bicyclic) bond motifs is 6. The summed E-state index contributed by atoms with van der Waals surface area (Å²) in [5.41, 5.74) is 12.3. The maximum Gasteiger partial charge on any atom is 0.145 e. The molecule has 0 aliphatic rings. The van der Waals surface area contributed by atoms with E-state index in [-0.39, 0.29) is 0 Å². The van der Waals surface area contributed by atoms with Crippen LogP contribution in [0.5, 0.6) is 0 Å². The first-order chi connectivity index (χ1) is 21.8. The largest absolute Gasteiger partial charge is 0.298 e. The summed E-state index contributed by atoms with van der Waals surface area (Å²) >= 11 is 0. The molecule has 4 aromatic heterocycles. The highest BCUT2D eigenvalue weighted by atomic mass is 15.1. The molecular formula is C39H25N5. The van der Waals surface area contributed by atoms with Crippen molar-refractivity contribution in [1.29, 1.82) is 0 Å². The van der Waals surface area contributed by atoms with Gasteiger partial charge in [0.15, 0.2) is 0 Å². The van der Waals surface area contributed by atoms with Crippen molar-refractivity contribution in [2.24, 2.45) is 0 Å². The number of imidazole rings is 2. The molecule has 5 aromatic carbocycles. The lowest BCUT2D eigenvalue weighted by Gasteiger charge is -2.12. The number of aromatic nitrogens is 5. The fraction of sp³-hybridized carbons (Fsp3) is 0. The van der Waals surface area contributed by atoms with Crippen molar-refractivity contribution >= 4 is 38.6 Å². The van der Waals surface area contributed by atoms with Crippen LogP contribution < -0.4 is 0 Å². The molecule has 5 nitrogen and oxygen atoms in total. The second-order valence-electron chi connectivity index (χ2n) is 11.0. The van der Waals surface area contributed by atoms with Crippen LogP contribution in [0.15, 0.2) is 152 Å². The Kier molecular flexibility index (Phi) is 5.43. The molecule has 0 unspecified atom stereocenters. The van der Waals surface area contributed by atoms with Gasteiger partial charge in [0.2, 0.25) is 0 Å². The third-order valence-electron chi connectivity index (χ3n) is 8.33. The van der Waals surface area contributed by atoms with Gasteiger partial charge >= 0.3 is 0 Å². The van der Waals surface area contributed by atoms with Gasteiger partial charge < -0.3 is 0 Å². The molecule has 0 aliphatic heterocycles. The van der Waals surface area contributed by atoms with Crippen molar-refractivity contribution in [3.05, 3.63) is 152 Å². The Balaban J connectivity index is 1.17. The first-order valence-corrected chi connectivity index (χ1v) is 14.7. The van der Waals surface area contributed by atoms with Gasteiger partial charge in [0.05, 0.1) is 27.8 Å². The summed E-state index contributed by atoms with van der Waals surface area (Å²) in [5, 5.41) is 1.06. The fourth-order valence-corrected chi connectivity index (χ4v) is 6.27. The van der Waals surface area contributed by atoms with Crippen molar-refractivity contribution in [3.8, 4) is 39.5 Å². The Hall–Kier alpha value is -6.07. The Bertz CT molecular complexity index is 2490. The normalized spacial score (nSPS) is 11.6. The van der Waals surface area contributed by atoms with E-state index in [4.69, 9.17) is 15.0 Å². The Morgan fingerprint density at radius 1 is 0.477 bits per heavy atom. The minimum absolute atomic E-state index is 0.914. The van der Waals surface area contributed by atoms with E-state index >= 15 is 0 Å². The van der Waals surface area contributed by atoms with E-state index in [2.05, 4.69) is 118 Å². The molecule has 0 saturated heterocycles. The van der Waals surface area contributed by atoms with Crippen LogP contribution in [-0.4, -0.2) is 23.9 Å². The average molecular weight is 564 g/mol. The number of benzene rings is 5. The molecule has 44 heavy (non-hydrogen) atoms. The van der Waals surface area contributed by atoms with Crippen LogP contribution >= 0.6 is 0 Å². The molecule has 9 rings (SSSR count). The third-order valence-corrected chi connectivity index (χ3v) is 8.33. The summed E-state index contributed by atoms with van der Waals surface area (Å²) in [6.07, 6.45) is 2.06. The SMILES string of the molecule is c1ccc(-c2nc3ccccc3n2-c2cccc(-c3ccc(-c4nc5ccccc5c5nc6ccccn6c45)cc3)c2)cc1. The van der Waals surface area contributed by atoms with Gasteiger partial charge in [-0.15, -0.1) is 0 Å². The van der Waals surface area contributed by atoms with Crippen molar-refractivity contribution < 1.29 is 0 Å². The molecule has 0 aliphatic carbocycles. The van der Waals surface area contributed by atoms with E-state index in [1.807, 2.05) is 42.5 Å². The molecule has 4 heterocycles. The highest BCUT2D eigenvalue weighted by Gasteiger charge is 2.17. The summed E-state index contributed by atoms with van der Waals surface area (Å²) in [7, 11) is 0. The zero-order chi connectivity index (χ0) is 29.0. The number of rotatable bonds is 4. The van der Waals surface area contributed by atoms with Crippen LogP contribution in [0.3, 0.4) is 0 Å². The number of nitrogens with zero attached hydrogens (tertiary/aromatic N) is 5. The predicted molar refractivity (Wildman–Crippen MR) is 179 cm³/mol. The van der Waals surface area contributed by atoms with Gasteiger partial charge in [0.25, 0.3) is 0 Å². The molecule has 9 aromatic rings. The Labute approximate surface area is 253 Å². The van der Waals surface area contributed by atoms with Gasteiger partial charge in [0.1, 0.15) is 17.0 Å². The van der Waals surface area contributed by atoms with Crippen LogP contribution in [0.2, 0.25) is 0 Å². The molecular weight excluding hydrogens is 538 g/mol. The Morgan fingerprint density at radius 2 is 1.20 bits per heavy atom. The summed E-state index contributed by atoms with van der Waals surface area (Å²) in [5.74, 6) is 0.929. The van der Waals surface area contributed by atoms with E-state index in [9.17, 15) is 0 Å². The van der Waals surface area contributed by atoms with Crippen LogP contribution in [0.25, 0.3) is 78.1 Å². The van der Waals surface area contributed by atoms with E-state index in [1.54, 1.807) is 0 Å². The summed E-state index contributed by atoms with van der Waals surface area (Å²) < 4.78 is 4.39. The van der Waals surface area contributed by atoms with Crippen molar-refractivity contribution in [3.63, 3.8) is 0 Å². The zero-order valence-corrected chi connectivity index (χ0v) is 23.7. The van der Waals surface area contributed by atoms with Gasteiger partial charge in [-0.05, 0) is 53.6 Å². The maximum atomic E-state index is 5.14. The van der Waals surface area contributed by atoms with Gasteiger partial charge in [-0.3, -0.25) is 8.97 Å². The smallest absolute Gasteiger partial charge is 0.145 e. The quantitative estimate of drug-likeness (QED) is 0.214. The van der Waals surface area contributed by atoms with Gasteiger partial charge in [-0.2, -0.15) is 0 Å². The van der Waals surface area contributed by atoms with E-state index in [0.717, 1.165) is 78.1 Å². The molecule has 0 atom stereocenters. The first kappa shape index (κ1) is 24.5. The topological polar surface area (TPSA) is 48.0 Å². The minimum Gasteiger partial charge on any atom is -0.298 e. The first-order valence-electron chi connectivity index (χ1n) is 14.7. The summed E-state index contributed by atoms with van der Waals surface area (Å²) in [6, 6.07) is 50.4. The van der Waals surface area contributed by atoms with E-state index in [1.165, 1.54) is 0 Å². The molecule has 0 bridgehead atoms. The fourth-order valence-electron chi connectivity index (χ4n) is 6.27. The second-order valence-corrected chi connectivity index (χ2v) is 11.0. The average Bonchev–Trinajstić information content (AvgIpc) is 3.68. The van der Waals surface area contributed by atoms with Gasteiger partial charge in [0, 0.05) is 28.4 Å². The van der Waals surface area contributed by atoms with E-state index < -0.39 is 0 Å². The second kappa shape index (κ2) is 9.75. The maximum absolute atomic E-state index is 5.14. The third kappa shape index (κ3) is 3.83. The lowest BCUT2D eigenvalue weighted by atomic mass is 10.0. The molecule has 0 spiro atoms. The van der Waals surface area contributed by atoms with E-state index in [0.29, 0.717) is 0 Å².